The van der Waals surface area contributed by atoms with Gasteiger partial charge in [0.2, 0.25) is 0 Å². The van der Waals surface area contributed by atoms with Gasteiger partial charge >= 0.3 is 13.5 Å². The molecule has 1 spiro atoms. The molecule has 3 heterocycles. The molecule has 2 saturated heterocycles. The average Bonchev–Trinajstić information content (AvgIpc) is 3.24. The molecule has 4 rings (SSSR count). The van der Waals surface area contributed by atoms with Crippen LogP contribution in [0.2, 0.25) is 0 Å². The van der Waals surface area contributed by atoms with E-state index in [9.17, 15) is 29.2 Å². The van der Waals surface area contributed by atoms with Gasteiger partial charge in [0.15, 0.2) is 11.3 Å². The number of rotatable bonds is 7. The fraction of sp³-hybridized carbons (Fsp3) is 0.706. The summed E-state index contributed by atoms with van der Waals surface area (Å²) >= 11 is 0.944. The molecule has 14 heteroatoms. The van der Waals surface area contributed by atoms with Gasteiger partial charge in [-0.3, -0.25) is 32.7 Å². The molecular formula is C17H23N2O10PS. The predicted molar refractivity (Wildman–Crippen MR) is 106 cm³/mol. The van der Waals surface area contributed by atoms with E-state index in [1.807, 2.05) is 0 Å². The number of phosphoric acid groups is 1. The van der Waals surface area contributed by atoms with Crippen molar-refractivity contribution in [3.63, 3.8) is 0 Å². The highest BCUT2D eigenvalue weighted by Crippen LogP contribution is 2.72. The minimum absolute atomic E-state index is 0.0849. The van der Waals surface area contributed by atoms with E-state index in [1.165, 1.54) is 6.20 Å². The molecule has 0 bridgehead atoms. The van der Waals surface area contributed by atoms with Crippen LogP contribution >= 0.6 is 19.6 Å². The maximum atomic E-state index is 12.7. The molecule has 0 amide bonds. The van der Waals surface area contributed by atoms with Crippen LogP contribution in [0.4, 0.5) is 0 Å². The summed E-state index contributed by atoms with van der Waals surface area (Å²) in [6, 6.07) is 1.14. The molecule has 172 valence electrons. The number of carbonyl (C=O) groups is 1. The van der Waals surface area contributed by atoms with Crippen LogP contribution in [0.5, 0.6) is 0 Å². The molecular weight excluding hydrogens is 455 g/mol. The lowest BCUT2D eigenvalue weighted by molar-refractivity contribution is -0.119. The summed E-state index contributed by atoms with van der Waals surface area (Å²) in [6.07, 6.45) is -2.42. The average molecular weight is 478 g/mol. The molecule has 1 aliphatic carbocycles. The minimum atomic E-state index is -3.91. The lowest BCUT2D eigenvalue weighted by atomic mass is 9.97. The van der Waals surface area contributed by atoms with Crippen molar-refractivity contribution in [2.45, 2.75) is 38.4 Å². The first-order valence-electron chi connectivity index (χ1n) is 9.55. The van der Waals surface area contributed by atoms with Crippen molar-refractivity contribution in [3.8, 4) is 0 Å². The van der Waals surface area contributed by atoms with Gasteiger partial charge in [-0.1, -0.05) is 11.8 Å². The lowest BCUT2D eigenvalue weighted by Gasteiger charge is -2.31. The number of phosphoric ester groups is 1. The number of hydrogen-bond acceptors (Lipinski definition) is 11. The van der Waals surface area contributed by atoms with Crippen LogP contribution in [0.3, 0.4) is 0 Å². The van der Waals surface area contributed by atoms with Crippen molar-refractivity contribution in [2.75, 3.05) is 25.6 Å². The van der Waals surface area contributed by atoms with E-state index < -0.39 is 54.4 Å². The third-order valence-electron chi connectivity index (χ3n) is 5.69. The molecule has 1 aromatic heterocycles. The Morgan fingerprint density at radius 3 is 2.87 bits per heavy atom. The van der Waals surface area contributed by atoms with E-state index in [4.69, 9.17) is 18.3 Å². The van der Waals surface area contributed by atoms with Gasteiger partial charge in [0, 0.05) is 18.0 Å². The van der Waals surface area contributed by atoms with Crippen molar-refractivity contribution in [3.05, 3.63) is 33.1 Å². The number of nitrogens with zero attached hydrogens (tertiary/aromatic N) is 1. The summed E-state index contributed by atoms with van der Waals surface area (Å²) in [5.41, 5.74) is -3.18. The molecule has 1 saturated carbocycles. The molecule has 0 radical (unpaired) electrons. The summed E-state index contributed by atoms with van der Waals surface area (Å²) in [5, 5.41) is 19.7. The van der Waals surface area contributed by atoms with Crippen molar-refractivity contribution >= 4 is 24.7 Å². The third kappa shape index (κ3) is 3.87. The number of carbonyl (C=O) groups excluding carboxylic acids is 1. The number of fused-ring (bicyclic) bond motifs is 1. The number of aromatic nitrogens is 2. The zero-order chi connectivity index (χ0) is 22.6. The first-order valence-corrected chi connectivity index (χ1v) is 12.0. The highest BCUT2D eigenvalue weighted by Gasteiger charge is 2.81. The highest BCUT2D eigenvalue weighted by molar-refractivity contribution is 8.13. The molecule has 1 aromatic rings. The fourth-order valence-electron chi connectivity index (χ4n) is 3.63. The summed E-state index contributed by atoms with van der Waals surface area (Å²) in [6.45, 7) is 2.69. The molecule has 2 aliphatic heterocycles. The number of aliphatic hydroxyl groups excluding tert-OH is 2. The van der Waals surface area contributed by atoms with Gasteiger partial charge in [-0.25, -0.2) is 9.36 Å². The largest absolute Gasteiger partial charge is 0.475 e. The maximum Gasteiger partial charge on any atom is 0.475 e. The lowest BCUT2D eigenvalue weighted by Crippen LogP contribution is -2.42. The molecule has 3 N–H and O–H groups in total. The van der Waals surface area contributed by atoms with Gasteiger partial charge in [-0.2, -0.15) is 0 Å². The Hall–Kier alpha value is -1.31. The van der Waals surface area contributed by atoms with E-state index in [-0.39, 0.29) is 30.7 Å². The quantitative estimate of drug-likeness (QED) is 0.345. The molecule has 3 fully saturated rings. The van der Waals surface area contributed by atoms with E-state index in [1.54, 1.807) is 13.8 Å². The standard InChI is InChI=1S/C17H23N2O10PS/c1-16(2,7-20)14(23)31-6-5-26-30(25)27-8-17-10(22)13(28-11(17)12(17)29-30)19-4-3-9(21)18-15(19)24/h3-4,10-13,20,22H,5-8H2,1-2H3,(H,18,21,24)/t10-,11+,12?,13+,17+,30?/m0/s1. The van der Waals surface area contributed by atoms with Gasteiger partial charge < -0.3 is 14.9 Å². The van der Waals surface area contributed by atoms with E-state index in [2.05, 4.69) is 4.98 Å². The van der Waals surface area contributed by atoms with E-state index >= 15 is 0 Å². The van der Waals surface area contributed by atoms with Crippen LogP contribution in [0.25, 0.3) is 0 Å². The van der Waals surface area contributed by atoms with Gasteiger partial charge in [0.1, 0.15) is 18.3 Å². The summed E-state index contributed by atoms with van der Waals surface area (Å²) in [4.78, 5) is 37.3. The maximum absolute atomic E-state index is 12.7. The molecule has 6 atom stereocenters. The molecule has 12 nitrogen and oxygen atoms in total. The minimum Gasteiger partial charge on any atom is -0.395 e. The Morgan fingerprint density at radius 1 is 1.45 bits per heavy atom. The number of H-pyrrole nitrogens is 1. The number of hydrogen-bond donors (Lipinski definition) is 3. The van der Waals surface area contributed by atoms with E-state index in [0.717, 1.165) is 22.4 Å². The van der Waals surface area contributed by atoms with Gasteiger partial charge in [-0.05, 0) is 13.8 Å². The Balaban J connectivity index is 1.33. The monoisotopic (exact) mass is 478 g/mol. The topological polar surface area (TPSA) is 166 Å². The number of thioether (sulfide) groups is 1. The van der Waals surface area contributed by atoms with Crippen molar-refractivity contribution in [2.24, 2.45) is 10.8 Å². The zero-order valence-corrected chi connectivity index (χ0v) is 18.5. The first kappa shape index (κ1) is 22.9. The Labute approximate surface area is 180 Å². The van der Waals surface area contributed by atoms with Crippen LogP contribution < -0.4 is 11.2 Å². The van der Waals surface area contributed by atoms with Crippen LogP contribution in [0.1, 0.15) is 20.1 Å². The molecule has 31 heavy (non-hydrogen) atoms. The first-order chi connectivity index (χ1) is 14.5. The summed E-state index contributed by atoms with van der Waals surface area (Å²) < 4.78 is 35.5. The summed E-state index contributed by atoms with van der Waals surface area (Å²) in [7, 11) is -3.91. The van der Waals surface area contributed by atoms with Crippen molar-refractivity contribution < 1.29 is 37.9 Å². The second-order valence-electron chi connectivity index (χ2n) is 8.28. The van der Waals surface area contributed by atoms with Gasteiger partial charge in [0.25, 0.3) is 5.56 Å². The zero-order valence-electron chi connectivity index (χ0n) is 16.8. The number of nitrogens with one attached hydrogen (secondary N) is 1. The van der Waals surface area contributed by atoms with Crippen molar-refractivity contribution in [1.82, 2.24) is 9.55 Å². The van der Waals surface area contributed by atoms with Gasteiger partial charge in [-0.15, -0.1) is 0 Å². The Morgan fingerprint density at radius 2 is 2.19 bits per heavy atom. The van der Waals surface area contributed by atoms with E-state index in [0.29, 0.717) is 0 Å². The molecule has 2 unspecified atom stereocenters. The summed E-state index contributed by atoms with van der Waals surface area (Å²) in [5.74, 6) is 0.189. The smallest absolute Gasteiger partial charge is 0.395 e. The number of aliphatic hydroxyl groups is 2. The molecule has 0 aromatic carbocycles. The van der Waals surface area contributed by atoms with Crippen LogP contribution in [0.15, 0.2) is 21.9 Å². The van der Waals surface area contributed by atoms with Crippen LogP contribution in [-0.4, -0.2) is 68.8 Å². The van der Waals surface area contributed by atoms with Crippen LogP contribution in [-0.2, 0) is 27.7 Å². The Kier molecular flexibility index (Phi) is 5.85. The predicted octanol–water partition coefficient (Wildman–Crippen LogP) is -0.387. The third-order valence-corrected chi connectivity index (χ3v) is 8.30. The Bertz CT molecular complexity index is 1040. The SMILES string of the molecule is CC(C)(CO)C(=O)SCCOP1(=O)OC[C@]23C(O1)[C@H]2O[C@@H](n1ccc(=O)[nH]c1=O)[C@@H]3O. The second kappa shape index (κ2) is 7.92. The molecule has 3 aliphatic rings. The fourth-order valence-corrected chi connectivity index (χ4v) is 6.04. The highest BCUT2D eigenvalue weighted by atomic mass is 32.2. The van der Waals surface area contributed by atoms with Crippen molar-refractivity contribution in [1.29, 1.82) is 0 Å². The second-order valence-corrected chi connectivity index (χ2v) is 11.0. The van der Waals surface area contributed by atoms with Crippen LogP contribution in [0, 0.1) is 10.8 Å². The van der Waals surface area contributed by atoms with Gasteiger partial charge in [0.05, 0.1) is 30.7 Å². The normalized spacial score (nSPS) is 36.6. The number of aromatic amines is 1. The number of ether oxygens (including phenoxy) is 1.